The Labute approximate surface area is 135 Å². The standard InChI is InChI=1S/C20H16OS/c1-21-18-10-4-3-8-16(18)15-9-6-12-20-17(15)13-14-7-2-5-11-19(14)22-20/h2-12H,13H2,1H3. The quantitative estimate of drug-likeness (QED) is 0.489. The van der Waals surface area contributed by atoms with Gasteiger partial charge < -0.3 is 4.74 Å². The third-order valence-electron chi connectivity index (χ3n) is 4.09. The maximum Gasteiger partial charge on any atom is 0.126 e. The average molecular weight is 304 g/mol. The van der Waals surface area contributed by atoms with Gasteiger partial charge in [-0.2, -0.15) is 0 Å². The lowest BCUT2D eigenvalue weighted by molar-refractivity contribution is 0.416. The van der Waals surface area contributed by atoms with Gasteiger partial charge in [-0.1, -0.05) is 60.3 Å². The summed E-state index contributed by atoms with van der Waals surface area (Å²) in [5.74, 6) is 0.930. The lowest BCUT2D eigenvalue weighted by Gasteiger charge is -2.22. The fourth-order valence-electron chi connectivity index (χ4n) is 3.02. The van der Waals surface area contributed by atoms with Gasteiger partial charge in [-0.15, -0.1) is 0 Å². The van der Waals surface area contributed by atoms with Gasteiger partial charge in [0.15, 0.2) is 0 Å². The predicted molar refractivity (Wildman–Crippen MR) is 91.8 cm³/mol. The fraction of sp³-hybridized carbons (Fsp3) is 0.100. The van der Waals surface area contributed by atoms with E-state index in [0.717, 1.165) is 12.2 Å². The molecule has 0 atom stereocenters. The van der Waals surface area contributed by atoms with Crippen LogP contribution in [-0.4, -0.2) is 7.11 Å². The monoisotopic (exact) mass is 304 g/mol. The van der Waals surface area contributed by atoms with E-state index >= 15 is 0 Å². The van der Waals surface area contributed by atoms with E-state index < -0.39 is 0 Å². The van der Waals surface area contributed by atoms with E-state index in [1.54, 1.807) is 7.11 Å². The third-order valence-corrected chi connectivity index (χ3v) is 5.31. The first-order valence-electron chi connectivity index (χ1n) is 7.38. The average Bonchev–Trinajstić information content (AvgIpc) is 2.59. The van der Waals surface area contributed by atoms with Crippen molar-refractivity contribution in [2.45, 2.75) is 16.2 Å². The summed E-state index contributed by atoms with van der Waals surface area (Å²) in [6, 6.07) is 23.5. The molecule has 3 aromatic carbocycles. The lowest BCUT2D eigenvalue weighted by Crippen LogP contribution is -2.02. The molecule has 0 fully saturated rings. The molecule has 1 aliphatic rings. The number of methoxy groups -OCH3 is 1. The number of hydrogen-bond acceptors (Lipinski definition) is 2. The van der Waals surface area contributed by atoms with Crippen molar-refractivity contribution in [3.8, 4) is 16.9 Å². The Morgan fingerprint density at radius 2 is 1.50 bits per heavy atom. The molecule has 0 unspecified atom stereocenters. The molecule has 3 aromatic rings. The molecule has 0 amide bonds. The van der Waals surface area contributed by atoms with Crippen molar-refractivity contribution in [1.82, 2.24) is 0 Å². The minimum absolute atomic E-state index is 0.930. The molecule has 0 bridgehead atoms. The molecule has 1 aliphatic heterocycles. The summed E-state index contributed by atoms with van der Waals surface area (Å²) in [7, 11) is 1.73. The number of benzene rings is 3. The first-order chi connectivity index (χ1) is 10.9. The van der Waals surface area contributed by atoms with Crippen molar-refractivity contribution in [3.63, 3.8) is 0 Å². The van der Waals surface area contributed by atoms with E-state index in [1.165, 1.54) is 32.0 Å². The molecule has 0 saturated heterocycles. The van der Waals surface area contributed by atoms with Crippen molar-refractivity contribution < 1.29 is 4.74 Å². The van der Waals surface area contributed by atoms with Crippen LogP contribution in [0.1, 0.15) is 11.1 Å². The van der Waals surface area contributed by atoms with Crippen molar-refractivity contribution >= 4 is 11.8 Å². The molecule has 108 valence electrons. The van der Waals surface area contributed by atoms with Crippen LogP contribution in [0, 0.1) is 0 Å². The van der Waals surface area contributed by atoms with Crippen LogP contribution < -0.4 is 4.74 Å². The normalized spacial score (nSPS) is 12.4. The second kappa shape index (κ2) is 5.54. The van der Waals surface area contributed by atoms with Gasteiger partial charge in [0.05, 0.1) is 7.11 Å². The van der Waals surface area contributed by atoms with Gasteiger partial charge in [0.25, 0.3) is 0 Å². The smallest absolute Gasteiger partial charge is 0.126 e. The molecule has 0 radical (unpaired) electrons. The second-order valence-corrected chi connectivity index (χ2v) is 6.45. The molecule has 0 aliphatic carbocycles. The Kier molecular flexibility index (Phi) is 3.39. The minimum Gasteiger partial charge on any atom is -0.496 e. The molecule has 0 aromatic heterocycles. The van der Waals surface area contributed by atoms with Gasteiger partial charge in [-0.3, -0.25) is 0 Å². The highest BCUT2D eigenvalue weighted by atomic mass is 32.2. The summed E-state index contributed by atoms with van der Waals surface area (Å²) in [5, 5.41) is 0. The van der Waals surface area contributed by atoms with Crippen molar-refractivity contribution in [1.29, 1.82) is 0 Å². The highest BCUT2D eigenvalue weighted by molar-refractivity contribution is 7.99. The zero-order chi connectivity index (χ0) is 14.9. The molecule has 22 heavy (non-hydrogen) atoms. The molecule has 1 nitrogen and oxygen atoms in total. The Hall–Kier alpha value is -2.19. The number of rotatable bonds is 2. The van der Waals surface area contributed by atoms with E-state index in [-0.39, 0.29) is 0 Å². The van der Waals surface area contributed by atoms with Crippen LogP contribution in [0.3, 0.4) is 0 Å². The molecule has 0 spiro atoms. The molecular weight excluding hydrogens is 288 g/mol. The Bertz CT molecular complexity index is 839. The Morgan fingerprint density at radius 1 is 0.773 bits per heavy atom. The van der Waals surface area contributed by atoms with Gasteiger partial charge >= 0.3 is 0 Å². The minimum atomic E-state index is 0.930. The summed E-state index contributed by atoms with van der Waals surface area (Å²) < 4.78 is 5.55. The largest absolute Gasteiger partial charge is 0.496 e. The zero-order valence-corrected chi connectivity index (χ0v) is 13.2. The molecule has 0 N–H and O–H groups in total. The molecule has 1 heterocycles. The first kappa shape index (κ1) is 13.5. The van der Waals surface area contributed by atoms with Gasteiger partial charge in [0.2, 0.25) is 0 Å². The molecule has 0 saturated carbocycles. The van der Waals surface area contributed by atoms with Crippen LogP contribution in [-0.2, 0) is 6.42 Å². The van der Waals surface area contributed by atoms with Gasteiger partial charge in [0, 0.05) is 21.8 Å². The summed E-state index contributed by atoms with van der Waals surface area (Å²) in [4.78, 5) is 2.72. The zero-order valence-electron chi connectivity index (χ0n) is 12.4. The number of ether oxygens (including phenoxy) is 1. The molecule has 2 heteroatoms. The SMILES string of the molecule is COc1ccccc1-c1cccc2c1Cc1ccccc1S2. The highest BCUT2D eigenvalue weighted by Gasteiger charge is 2.20. The van der Waals surface area contributed by atoms with E-state index in [0.29, 0.717) is 0 Å². The van der Waals surface area contributed by atoms with Crippen LogP contribution in [0.4, 0.5) is 0 Å². The molecule has 4 rings (SSSR count). The maximum absolute atomic E-state index is 5.55. The number of para-hydroxylation sites is 1. The number of fused-ring (bicyclic) bond motifs is 2. The Balaban J connectivity index is 1.88. The first-order valence-corrected chi connectivity index (χ1v) is 8.19. The highest BCUT2D eigenvalue weighted by Crippen LogP contribution is 2.44. The van der Waals surface area contributed by atoms with Crippen molar-refractivity contribution in [2.24, 2.45) is 0 Å². The van der Waals surface area contributed by atoms with E-state index in [4.69, 9.17) is 4.74 Å². The van der Waals surface area contributed by atoms with Crippen LogP contribution >= 0.6 is 11.8 Å². The number of hydrogen-bond donors (Lipinski definition) is 0. The van der Waals surface area contributed by atoms with E-state index in [9.17, 15) is 0 Å². The topological polar surface area (TPSA) is 9.23 Å². The van der Waals surface area contributed by atoms with Crippen LogP contribution in [0.15, 0.2) is 76.5 Å². The fourth-order valence-corrected chi connectivity index (χ4v) is 4.13. The van der Waals surface area contributed by atoms with E-state index in [1.807, 2.05) is 23.9 Å². The second-order valence-electron chi connectivity index (χ2n) is 5.37. The predicted octanol–water partition coefficient (Wildman–Crippen LogP) is 5.42. The van der Waals surface area contributed by atoms with E-state index in [2.05, 4.69) is 54.6 Å². The van der Waals surface area contributed by atoms with Gasteiger partial charge in [-0.25, -0.2) is 0 Å². The summed E-state index contributed by atoms with van der Waals surface area (Å²) >= 11 is 1.86. The maximum atomic E-state index is 5.55. The van der Waals surface area contributed by atoms with Crippen LogP contribution in [0.25, 0.3) is 11.1 Å². The summed E-state index contributed by atoms with van der Waals surface area (Å²) in [6.45, 7) is 0. The Morgan fingerprint density at radius 3 is 2.41 bits per heavy atom. The van der Waals surface area contributed by atoms with Crippen molar-refractivity contribution in [2.75, 3.05) is 7.11 Å². The third kappa shape index (κ3) is 2.20. The van der Waals surface area contributed by atoms with Crippen LogP contribution in [0.5, 0.6) is 5.75 Å². The summed E-state index contributed by atoms with van der Waals surface area (Å²) in [5.41, 5.74) is 5.25. The molecular formula is C20H16OS. The van der Waals surface area contributed by atoms with Crippen molar-refractivity contribution in [3.05, 3.63) is 77.9 Å². The lowest BCUT2D eigenvalue weighted by atomic mass is 9.94. The summed E-state index contributed by atoms with van der Waals surface area (Å²) in [6.07, 6.45) is 0.979. The van der Waals surface area contributed by atoms with Gasteiger partial charge in [0.1, 0.15) is 5.75 Å². The van der Waals surface area contributed by atoms with Crippen LogP contribution in [0.2, 0.25) is 0 Å². The van der Waals surface area contributed by atoms with Gasteiger partial charge in [-0.05, 0) is 34.9 Å².